The number of benzene rings is 1. The van der Waals surface area contributed by atoms with Crippen LogP contribution in [0.2, 0.25) is 0 Å². The Morgan fingerprint density at radius 3 is 1.62 bits per heavy atom. The average molecular weight is 723 g/mol. The average Bonchev–Trinajstić information content (AvgIpc) is 3.02. The van der Waals surface area contributed by atoms with Crippen molar-refractivity contribution in [3.8, 4) is 0 Å². The molecule has 0 bridgehead atoms. The Morgan fingerprint density at radius 2 is 1.21 bits per heavy atom. The van der Waals surface area contributed by atoms with Crippen molar-refractivity contribution in [2.24, 2.45) is 0 Å². The van der Waals surface area contributed by atoms with Gasteiger partial charge in [0.25, 0.3) is 0 Å². The molecule has 2 saturated heterocycles. The SMILES string of the molecule is C=CC(=O)OC(CSCc1cccc(CSCC(CSCC2CSCCS2)OC(=O)C=C)c1)CSCC1CSCCS1. The molecule has 4 atom stereocenters. The van der Waals surface area contributed by atoms with Crippen molar-refractivity contribution in [2.45, 2.75) is 34.2 Å². The highest BCUT2D eigenvalue weighted by Gasteiger charge is 2.19. The lowest BCUT2D eigenvalue weighted by molar-refractivity contribution is -0.141. The summed E-state index contributed by atoms with van der Waals surface area (Å²) in [7, 11) is 0. The zero-order chi connectivity index (χ0) is 29.8. The van der Waals surface area contributed by atoms with E-state index in [1.165, 1.54) is 57.8 Å². The predicted molar refractivity (Wildman–Crippen MR) is 201 cm³/mol. The fourth-order valence-corrected chi connectivity index (χ4v) is 14.7. The van der Waals surface area contributed by atoms with Gasteiger partial charge >= 0.3 is 11.9 Å². The van der Waals surface area contributed by atoms with Crippen LogP contribution in [-0.4, -0.2) is 104 Å². The van der Waals surface area contributed by atoms with Gasteiger partial charge in [0, 0.05) is 103 Å². The Morgan fingerprint density at radius 1 is 0.762 bits per heavy atom. The standard InChI is InChI=1S/C30H42O4S8/c1-3-29(31)33-25(17-39-21-27-19-35-8-10-41-27)15-37-13-23-6-5-7-24(12-23)14-38-16-26(34-30(32)4-2)18-40-22-28-20-36-9-11-42-28/h3-7,12,25-28H,1-2,8-11,13-22H2. The summed E-state index contributed by atoms with van der Waals surface area (Å²) < 4.78 is 11.3. The molecular formula is C30H42O4S8. The second kappa shape index (κ2) is 22.9. The molecule has 4 nitrogen and oxygen atoms in total. The normalized spacial score (nSPS) is 20.3. The Balaban J connectivity index is 1.40. The molecule has 3 rings (SSSR count). The van der Waals surface area contributed by atoms with Crippen LogP contribution >= 0.6 is 94.1 Å². The second-order valence-corrected chi connectivity index (χ2v) is 18.9. The number of ether oxygens (including phenoxy) is 2. The van der Waals surface area contributed by atoms with E-state index in [2.05, 4.69) is 60.9 Å². The topological polar surface area (TPSA) is 52.6 Å². The number of carbonyl (C=O) groups excluding carboxylic acids is 2. The summed E-state index contributed by atoms with van der Waals surface area (Å²) in [6.07, 6.45) is 2.28. The van der Waals surface area contributed by atoms with E-state index in [0.717, 1.165) is 46.0 Å². The van der Waals surface area contributed by atoms with Gasteiger partial charge in [0.1, 0.15) is 12.2 Å². The minimum Gasteiger partial charge on any atom is -0.457 e. The third-order valence-electron chi connectivity index (χ3n) is 6.02. The van der Waals surface area contributed by atoms with Gasteiger partial charge in [0.2, 0.25) is 0 Å². The lowest BCUT2D eigenvalue weighted by Gasteiger charge is -2.22. The summed E-state index contributed by atoms with van der Waals surface area (Å²) in [6, 6.07) is 8.69. The zero-order valence-electron chi connectivity index (χ0n) is 24.0. The lowest BCUT2D eigenvalue weighted by Crippen LogP contribution is -2.24. The van der Waals surface area contributed by atoms with E-state index in [4.69, 9.17) is 9.47 Å². The molecule has 1 aromatic carbocycles. The van der Waals surface area contributed by atoms with Gasteiger partial charge in [-0.05, 0) is 11.1 Å². The number of carbonyl (C=O) groups is 2. The van der Waals surface area contributed by atoms with E-state index in [1.54, 1.807) is 23.5 Å². The van der Waals surface area contributed by atoms with Crippen molar-refractivity contribution in [3.63, 3.8) is 0 Å². The fraction of sp³-hybridized carbons (Fsp3) is 0.600. The molecule has 4 unspecified atom stereocenters. The summed E-state index contributed by atoms with van der Waals surface area (Å²) in [4.78, 5) is 23.8. The Labute approximate surface area is 286 Å². The van der Waals surface area contributed by atoms with E-state index >= 15 is 0 Å². The van der Waals surface area contributed by atoms with Gasteiger partial charge in [-0.3, -0.25) is 0 Å². The van der Waals surface area contributed by atoms with Crippen LogP contribution in [0.25, 0.3) is 0 Å². The molecule has 234 valence electrons. The first-order chi connectivity index (χ1) is 20.6. The third-order valence-corrected chi connectivity index (χ3v) is 16.9. The van der Waals surface area contributed by atoms with Crippen LogP contribution in [0, 0.1) is 0 Å². The smallest absolute Gasteiger partial charge is 0.330 e. The molecule has 0 amide bonds. The van der Waals surface area contributed by atoms with Gasteiger partial charge < -0.3 is 9.47 Å². The monoisotopic (exact) mass is 722 g/mol. The van der Waals surface area contributed by atoms with E-state index in [-0.39, 0.29) is 24.1 Å². The maximum absolute atomic E-state index is 11.9. The summed E-state index contributed by atoms with van der Waals surface area (Å²) in [5, 5.41) is 1.39. The quantitative estimate of drug-likeness (QED) is 0.0990. The van der Waals surface area contributed by atoms with E-state index < -0.39 is 0 Å². The number of esters is 2. The van der Waals surface area contributed by atoms with E-state index in [1.807, 2.05) is 47.0 Å². The highest BCUT2D eigenvalue weighted by molar-refractivity contribution is 8.08. The van der Waals surface area contributed by atoms with Crippen molar-refractivity contribution >= 4 is 106 Å². The Bertz CT molecular complexity index is 882. The van der Waals surface area contributed by atoms with Crippen LogP contribution < -0.4 is 0 Å². The van der Waals surface area contributed by atoms with Crippen LogP contribution in [-0.2, 0) is 30.6 Å². The van der Waals surface area contributed by atoms with Crippen LogP contribution in [0.4, 0.5) is 0 Å². The van der Waals surface area contributed by atoms with Gasteiger partial charge in [0.15, 0.2) is 0 Å². The molecule has 2 fully saturated rings. The van der Waals surface area contributed by atoms with Gasteiger partial charge in [-0.1, -0.05) is 37.4 Å². The largest absolute Gasteiger partial charge is 0.457 e. The maximum atomic E-state index is 11.9. The molecule has 0 radical (unpaired) electrons. The number of thioether (sulfide) groups is 8. The molecule has 12 heteroatoms. The third kappa shape index (κ3) is 16.1. The molecule has 1 aromatic rings. The Hall–Kier alpha value is 0.440. The van der Waals surface area contributed by atoms with Crippen molar-refractivity contribution in [3.05, 3.63) is 60.7 Å². The van der Waals surface area contributed by atoms with Crippen LogP contribution in [0.3, 0.4) is 0 Å². The first kappa shape index (κ1) is 36.9. The lowest BCUT2D eigenvalue weighted by atomic mass is 10.2. The summed E-state index contributed by atoms with van der Waals surface area (Å²) in [5.41, 5.74) is 2.53. The van der Waals surface area contributed by atoms with Gasteiger partial charge in [-0.2, -0.15) is 94.1 Å². The number of rotatable bonds is 20. The van der Waals surface area contributed by atoms with Crippen molar-refractivity contribution < 1.29 is 19.1 Å². The van der Waals surface area contributed by atoms with Crippen LogP contribution in [0.5, 0.6) is 0 Å². The second-order valence-electron chi connectivity index (χ2n) is 9.59. The molecule has 0 spiro atoms. The molecule has 0 aromatic heterocycles. The Kier molecular flexibility index (Phi) is 20.1. The molecular weight excluding hydrogens is 681 g/mol. The van der Waals surface area contributed by atoms with Crippen molar-refractivity contribution in [2.75, 3.05) is 69.0 Å². The summed E-state index contributed by atoms with van der Waals surface area (Å²) >= 11 is 15.6. The van der Waals surface area contributed by atoms with Gasteiger partial charge in [-0.15, -0.1) is 0 Å². The molecule has 2 aliphatic rings. The minimum absolute atomic E-state index is 0.117. The maximum Gasteiger partial charge on any atom is 0.330 e. The minimum atomic E-state index is -0.342. The van der Waals surface area contributed by atoms with Gasteiger partial charge in [0.05, 0.1) is 0 Å². The summed E-state index contributed by atoms with van der Waals surface area (Å²) in [6.45, 7) is 7.13. The molecule has 2 heterocycles. The first-order valence-electron chi connectivity index (χ1n) is 14.0. The first-order valence-corrected chi connectivity index (χ1v) is 23.0. The van der Waals surface area contributed by atoms with Crippen LogP contribution in [0.15, 0.2) is 49.6 Å². The predicted octanol–water partition coefficient (Wildman–Crippen LogP) is 7.51. The zero-order valence-corrected chi connectivity index (χ0v) is 30.5. The fourth-order valence-electron chi connectivity index (χ4n) is 4.01. The highest BCUT2D eigenvalue weighted by atomic mass is 32.2. The number of hydrogen-bond acceptors (Lipinski definition) is 12. The molecule has 0 saturated carbocycles. The summed E-state index contributed by atoms with van der Waals surface area (Å²) in [5.74, 6) is 13.9. The molecule has 2 aliphatic heterocycles. The highest BCUT2D eigenvalue weighted by Crippen LogP contribution is 2.29. The number of hydrogen-bond donors (Lipinski definition) is 0. The molecule has 0 aliphatic carbocycles. The van der Waals surface area contributed by atoms with Crippen molar-refractivity contribution in [1.82, 2.24) is 0 Å². The van der Waals surface area contributed by atoms with Crippen molar-refractivity contribution in [1.29, 1.82) is 0 Å². The molecule has 0 N–H and O–H groups in total. The molecule has 42 heavy (non-hydrogen) atoms. The van der Waals surface area contributed by atoms with Gasteiger partial charge in [-0.25, -0.2) is 9.59 Å². The van der Waals surface area contributed by atoms with E-state index in [9.17, 15) is 9.59 Å². The van der Waals surface area contributed by atoms with E-state index in [0.29, 0.717) is 10.5 Å². The van der Waals surface area contributed by atoms with Crippen LogP contribution in [0.1, 0.15) is 11.1 Å².